The molecular formula is C23H23N3O3. The normalized spacial score (nSPS) is 14.9. The van der Waals surface area contributed by atoms with E-state index >= 15 is 0 Å². The SMILES string of the molecule is Cc1onc(-c2ccccc2)c1C=Cc1ccc(C(=O)NC2CCOCC2)cn1. The van der Waals surface area contributed by atoms with Crippen molar-refractivity contribution in [3.8, 4) is 11.3 Å². The number of aryl methyl sites for hydroxylation is 1. The summed E-state index contributed by atoms with van der Waals surface area (Å²) in [7, 11) is 0. The fourth-order valence-corrected chi connectivity index (χ4v) is 3.30. The van der Waals surface area contributed by atoms with Crippen LogP contribution in [0.5, 0.6) is 0 Å². The Hall–Kier alpha value is -3.25. The van der Waals surface area contributed by atoms with Crippen molar-refractivity contribution in [1.82, 2.24) is 15.5 Å². The largest absolute Gasteiger partial charge is 0.381 e. The molecule has 1 saturated heterocycles. The average Bonchev–Trinajstić information content (AvgIpc) is 3.14. The lowest BCUT2D eigenvalue weighted by molar-refractivity contribution is 0.0696. The highest BCUT2D eigenvalue weighted by atomic mass is 16.5. The van der Waals surface area contributed by atoms with Crippen molar-refractivity contribution >= 4 is 18.1 Å². The smallest absolute Gasteiger partial charge is 0.253 e. The molecule has 29 heavy (non-hydrogen) atoms. The lowest BCUT2D eigenvalue weighted by Crippen LogP contribution is -2.38. The zero-order chi connectivity index (χ0) is 20.1. The summed E-state index contributed by atoms with van der Waals surface area (Å²) in [5.41, 5.74) is 4.02. The Morgan fingerprint density at radius 3 is 2.62 bits per heavy atom. The molecule has 4 rings (SSSR count). The van der Waals surface area contributed by atoms with E-state index in [1.807, 2.05) is 55.5 Å². The Labute approximate surface area is 169 Å². The van der Waals surface area contributed by atoms with Gasteiger partial charge in [0.1, 0.15) is 11.5 Å². The van der Waals surface area contributed by atoms with Crippen molar-refractivity contribution in [3.05, 3.63) is 71.2 Å². The number of rotatable bonds is 5. The van der Waals surface area contributed by atoms with E-state index in [0.717, 1.165) is 41.1 Å². The molecule has 0 radical (unpaired) electrons. The summed E-state index contributed by atoms with van der Waals surface area (Å²) >= 11 is 0. The molecule has 1 fully saturated rings. The summed E-state index contributed by atoms with van der Waals surface area (Å²) in [6, 6.07) is 13.7. The molecule has 0 saturated carbocycles. The van der Waals surface area contributed by atoms with Crippen LogP contribution < -0.4 is 5.32 Å². The van der Waals surface area contributed by atoms with Gasteiger partial charge in [0.2, 0.25) is 0 Å². The molecule has 1 aromatic carbocycles. The van der Waals surface area contributed by atoms with Crippen LogP contribution in [0.15, 0.2) is 53.2 Å². The first-order valence-corrected chi connectivity index (χ1v) is 9.75. The number of nitrogens with zero attached hydrogens (tertiary/aromatic N) is 2. The predicted molar refractivity (Wildman–Crippen MR) is 111 cm³/mol. The van der Waals surface area contributed by atoms with Crippen molar-refractivity contribution in [2.75, 3.05) is 13.2 Å². The predicted octanol–water partition coefficient (Wildman–Crippen LogP) is 4.12. The van der Waals surface area contributed by atoms with Gasteiger partial charge in [0.05, 0.1) is 11.3 Å². The van der Waals surface area contributed by atoms with Gasteiger partial charge in [-0.15, -0.1) is 0 Å². The van der Waals surface area contributed by atoms with Crippen molar-refractivity contribution in [3.63, 3.8) is 0 Å². The third-order valence-corrected chi connectivity index (χ3v) is 4.98. The van der Waals surface area contributed by atoms with Gasteiger partial charge in [-0.1, -0.05) is 35.5 Å². The summed E-state index contributed by atoms with van der Waals surface area (Å²) in [6.07, 6.45) is 7.14. The van der Waals surface area contributed by atoms with Crippen LogP contribution in [0.4, 0.5) is 0 Å². The number of amides is 1. The lowest BCUT2D eigenvalue weighted by Gasteiger charge is -2.23. The third kappa shape index (κ3) is 4.60. The fraction of sp³-hybridized carbons (Fsp3) is 0.261. The van der Waals surface area contributed by atoms with Crippen LogP contribution in [0.3, 0.4) is 0 Å². The Kier molecular flexibility index (Phi) is 5.81. The van der Waals surface area contributed by atoms with Gasteiger partial charge in [0, 0.05) is 36.6 Å². The second-order valence-electron chi connectivity index (χ2n) is 7.03. The fourth-order valence-electron chi connectivity index (χ4n) is 3.30. The van der Waals surface area contributed by atoms with E-state index in [1.165, 1.54) is 0 Å². The standard InChI is InChI=1S/C23H23N3O3/c1-16-21(22(26-29-16)17-5-3-2-4-6-17)10-9-19-8-7-18(15-24-19)23(27)25-20-11-13-28-14-12-20/h2-10,15,20H,11-14H2,1H3,(H,25,27). The Morgan fingerprint density at radius 2 is 1.90 bits per heavy atom. The molecule has 1 aliphatic rings. The summed E-state index contributed by atoms with van der Waals surface area (Å²) in [5.74, 6) is 0.647. The van der Waals surface area contributed by atoms with E-state index < -0.39 is 0 Å². The number of nitrogens with one attached hydrogen (secondary N) is 1. The minimum Gasteiger partial charge on any atom is -0.381 e. The number of hydrogen-bond donors (Lipinski definition) is 1. The number of carbonyl (C=O) groups excluding carboxylic acids is 1. The summed E-state index contributed by atoms with van der Waals surface area (Å²) in [4.78, 5) is 16.8. The van der Waals surface area contributed by atoms with E-state index in [2.05, 4.69) is 15.5 Å². The Morgan fingerprint density at radius 1 is 1.10 bits per heavy atom. The number of aromatic nitrogens is 2. The molecule has 1 aliphatic heterocycles. The Bertz CT molecular complexity index is 988. The minimum atomic E-state index is -0.0961. The molecule has 0 unspecified atom stereocenters. The Balaban J connectivity index is 1.46. The number of pyridine rings is 1. The van der Waals surface area contributed by atoms with Gasteiger partial charge >= 0.3 is 0 Å². The molecule has 6 heteroatoms. The van der Waals surface area contributed by atoms with Gasteiger partial charge in [-0.25, -0.2) is 0 Å². The van der Waals surface area contributed by atoms with E-state index in [4.69, 9.17) is 9.26 Å². The van der Waals surface area contributed by atoms with Crippen molar-refractivity contribution in [2.24, 2.45) is 0 Å². The summed E-state index contributed by atoms with van der Waals surface area (Å²) < 4.78 is 10.7. The van der Waals surface area contributed by atoms with Crippen LogP contribution in [-0.2, 0) is 4.74 Å². The molecule has 0 atom stereocenters. The topological polar surface area (TPSA) is 77.2 Å². The summed E-state index contributed by atoms with van der Waals surface area (Å²) in [5, 5.41) is 7.23. The molecule has 148 valence electrons. The quantitative estimate of drug-likeness (QED) is 0.710. The van der Waals surface area contributed by atoms with Crippen LogP contribution in [-0.4, -0.2) is 35.3 Å². The van der Waals surface area contributed by atoms with Gasteiger partial charge in [0.15, 0.2) is 0 Å². The van der Waals surface area contributed by atoms with Crippen LogP contribution in [0.1, 0.15) is 40.2 Å². The first kappa shape index (κ1) is 19.1. The van der Waals surface area contributed by atoms with Crippen LogP contribution in [0.2, 0.25) is 0 Å². The van der Waals surface area contributed by atoms with Gasteiger partial charge in [-0.05, 0) is 44.1 Å². The van der Waals surface area contributed by atoms with Gasteiger partial charge in [0.25, 0.3) is 5.91 Å². The molecular weight excluding hydrogens is 366 g/mol. The van der Waals surface area contributed by atoms with Crippen molar-refractivity contribution < 1.29 is 14.1 Å². The van der Waals surface area contributed by atoms with E-state index in [0.29, 0.717) is 18.8 Å². The van der Waals surface area contributed by atoms with Crippen LogP contribution in [0.25, 0.3) is 23.4 Å². The molecule has 2 aromatic heterocycles. The molecule has 3 heterocycles. The number of hydrogen-bond acceptors (Lipinski definition) is 5. The second-order valence-corrected chi connectivity index (χ2v) is 7.03. The summed E-state index contributed by atoms with van der Waals surface area (Å²) in [6.45, 7) is 3.27. The molecule has 3 aromatic rings. The van der Waals surface area contributed by atoms with Gasteiger partial charge in [-0.3, -0.25) is 9.78 Å². The zero-order valence-corrected chi connectivity index (χ0v) is 16.3. The average molecular weight is 389 g/mol. The van der Waals surface area contributed by atoms with E-state index in [9.17, 15) is 4.79 Å². The highest BCUT2D eigenvalue weighted by Gasteiger charge is 2.17. The van der Waals surface area contributed by atoms with Crippen LogP contribution >= 0.6 is 0 Å². The highest BCUT2D eigenvalue weighted by molar-refractivity contribution is 5.94. The molecule has 0 aliphatic carbocycles. The van der Waals surface area contributed by atoms with E-state index in [-0.39, 0.29) is 11.9 Å². The maximum absolute atomic E-state index is 12.4. The van der Waals surface area contributed by atoms with Gasteiger partial charge < -0.3 is 14.6 Å². The number of ether oxygens (including phenoxy) is 1. The molecule has 0 bridgehead atoms. The highest BCUT2D eigenvalue weighted by Crippen LogP contribution is 2.26. The monoisotopic (exact) mass is 389 g/mol. The maximum atomic E-state index is 12.4. The molecule has 1 amide bonds. The maximum Gasteiger partial charge on any atom is 0.253 e. The molecule has 6 nitrogen and oxygen atoms in total. The second kappa shape index (κ2) is 8.84. The molecule has 1 N–H and O–H groups in total. The van der Waals surface area contributed by atoms with Gasteiger partial charge in [-0.2, -0.15) is 0 Å². The first-order valence-electron chi connectivity index (χ1n) is 9.75. The zero-order valence-electron chi connectivity index (χ0n) is 16.3. The number of carbonyl (C=O) groups is 1. The van der Waals surface area contributed by atoms with Crippen molar-refractivity contribution in [1.29, 1.82) is 0 Å². The lowest BCUT2D eigenvalue weighted by atomic mass is 10.1. The number of benzene rings is 1. The van der Waals surface area contributed by atoms with E-state index in [1.54, 1.807) is 12.3 Å². The minimum absolute atomic E-state index is 0.0961. The first-order chi connectivity index (χ1) is 14.2. The molecule has 0 spiro atoms. The van der Waals surface area contributed by atoms with Crippen LogP contribution in [0, 0.1) is 6.92 Å². The third-order valence-electron chi connectivity index (χ3n) is 4.98. The van der Waals surface area contributed by atoms with Crippen molar-refractivity contribution in [2.45, 2.75) is 25.8 Å².